The van der Waals surface area contributed by atoms with Crippen molar-refractivity contribution in [2.24, 2.45) is 5.92 Å². The summed E-state index contributed by atoms with van der Waals surface area (Å²) in [7, 11) is 0. The summed E-state index contributed by atoms with van der Waals surface area (Å²) in [4.78, 5) is 14.7. The number of nitrogens with zero attached hydrogens (tertiary/aromatic N) is 1. The lowest BCUT2D eigenvalue weighted by molar-refractivity contribution is -0.123. The lowest BCUT2D eigenvalue weighted by Gasteiger charge is -2.30. The summed E-state index contributed by atoms with van der Waals surface area (Å²) in [5.74, 6) is 0.465. The number of amides is 1. The monoisotopic (exact) mass is 244 g/mol. The Balaban J connectivity index is 1.85. The van der Waals surface area contributed by atoms with Gasteiger partial charge in [-0.05, 0) is 44.4 Å². The van der Waals surface area contributed by atoms with Gasteiger partial charge in [-0.1, -0.05) is 18.2 Å². The SMILES string of the molecule is C[C@H]1Cc2ccccc2N1C(=O)[C@H]1CCCNC1. The summed E-state index contributed by atoms with van der Waals surface area (Å²) in [6, 6.07) is 8.60. The number of hydrogen-bond acceptors (Lipinski definition) is 2. The van der Waals surface area contributed by atoms with Gasteiger partial charge in [0.05, 0.1) is 5.92 Å². The van der Waals surface area contributed by atoms with Crippen LogP contribution in [-0.2, 0) is 11.2 Å². The average molecular weight is 244 g/mol. The first kappa shape index (κ1) is 11.7. The van der Waals surface area contributed by atoms with E-state index in [9.17, 15) is 4.79 Å². The first-order valence-corrected chi connectivity index (χ1v) is 6.89. The number of para-hydroxylation sites is 1. The highest BCUT2D eigenvalue weighted by molar-refractivity contribution is 5.97. The standard InChI is InChI=1S/C15H20N2O/c1-11-9-12-5-2-3-7-14(12)17(11)15(18)13-6-4-8-16-10-13/h2-3,5,7,11,13,16H,4,6,8-10H2,1H3/t11-,13-/m0/s1. The Morgan fingerprint density at radius 1 is 1.39 bits per heavy atom. The molecule has 2 aliphatic rings. The van der Waals surface area contributed by atoms with E-state index in [1.54, 1.807) is 0 Å². The fourth-order valence-electron chi connectivity index (χ4n) is 3.16. The minimum atomic E-state index is 0.160. The number of nitrogens with one attached hydrogen (secondary N) is 1. The zero-order valence-corrected chi connectivity index (χ0v) is 10.9. The van der Waals surface area contributed by atoms with Crippen molar-refractivity contribution in [3.63, 3.8) is 0 Å². The molecule has 1 N–H and O–H groups in total. The molecular formula is C15H20N2O. The second kappa shape index (κ2) is 4.73. The van der Waals surface area contributed by atoms with Gasteiger partial charge in [0.25, 0.3) is 0 Å². The molecule has 18 heavy (non-hydrogen) atoms. The fraction of sp³-hybridized carbons (Fsp3) is 0.533. The van der Waals surface area contributed by atoms with Crippen LogP contribution < -0.4 is 10.2 Å². The Morgan fingerprint density at radius 3 is 3.00 bits per heavy atom. The van der Waals surface area contributed by atoms with Gasteiger partial charge in [0, 0.05) is 18.3 Å². The van der Waals surface area contributed by atoms with Crippen molar-refractivity contribution < 1.29 is 4.79 Å². The van der Waals surface area contributed by atoms with E-state index in [1.165, 1.54) is 5.56 Å². The van der Waals surface area contributed by atoms with Crippen molar-refractivity contribution in [3.05, 3.63) is 29.8 Å². The molecular weight excluding hydrogens is 224 g/mol. The van der Waals surface area contributed by atoms with Gasteiger partial charge in [0.1, 0.15) is 0 Å². The van der Waals surface area contributed by atoms with E-state index >= 15 is 0 Å². The van der Waals surface area contributed by atoms with Crippen LogP contribution in [0.4, 0.5) is 5.69 Å². The molecule has 1 amide bonds. The van der Waals surface area contributed by atoms with Gasteiger partial charge >= 0.3 is 0 Å². The van der Waals surface area contributed by atoms with E-state index in [0.29, 0.717) is 11.9 Å². The summed E-state index contributed by atoms with van der Waals surface area (Å²) >= 11 is 0. The fourth-order valence-corrected chi connectivity index (χ4v) is 3.16. The van der Waals surface area contributed by atoms with Crippen LogP contribution >= 0.6 is 0 Å². The first-order valence-electron chi connectivity index (χ1n) is 6.89. The van der Waals surface area contributed by atoms with Crippen LogP contribution in [0, 0.1) is 5.92 Å². The summed E-state index contributed by atoms with van der Waals surface area (Å²) in [5, 5.41) is 3.33. The highest BCUT2D eigenvalue weighted by Crippen LogP contribution is 2.33. The topological polar surface area (TPSA) is 32.3 Å². The van der Waals surface area contributed by atoms with Crippen LogP contribution in [-0.4, -0.2) is 25.0 Å². The average Bonchev–Trinajstić information content (AvgIpc) is 2.75. The van der Waals surface area contributed by atoms with E-state index in [4.69, 9.17) is 0 Å². The molecule has 0 aromatic heterocycles. The van der Waals surface area contributed by atoms with Crippen LogP contribution in [0.2, 0.25) is 0 Å². The predicted octanol–water partition coefficient (Wildman–Crippen LogP) is 1.96. The molecule has 3 heteroatoms. The zero-order valence-electron chi connectivity index (χ0n) is 10.9. The molecule has 96 valence electrons. The molecule has 0 spiro atoms. The third-order valence-electron chi connectivity index (χ3n) is 4.09. The predicted molar refractivity (Wildman–Crippen MR) is 72.7 cm³/mol. The smallest absolute Gasteiger partial charge is 0.231 e. The van der Waals surface area contributed by atoms with Gasteiger partial charge in [0.2, 0.25) is 5.91 Å². The minimum absolute atomic E-state index is 0.160. The zero-order chi connectivity index (χ0) is 12.5. The molecule has 3 rings (SSSR count). The van der Waals surface area contributed by atoms with Crippen LogP contribution in [0.5, 0.6) is 0 Å². The van der Waals surface area contributed by atoms with Crippen molar-refractivity contribution in [1.29, 1.82) is 0 Å². The van der Waals surface area contributed by atoms with Gasteiger partial charge in [-0.15, -0.1) is 0 Å². The van der Waals surface area contributed by atoms with Gasteiger partial charge in [-0.3, -0.25) is 4.79 Å². The van der Waals surface area contributed by atoms with Crippen molar-refractivity contribution in [3.8, 4) is 0 Å². The second-order valence-electron chi connectivity index (χ2n) is 5.43. The highest BCUT2D eigenvalue weighted by atomic mass is 16.2. The van der Waals surface area contributed by atoms with E-state index in [-0.39, 0.29) is 5.92 Å². The summed E-state index contributed by atoms with van der Waals surface area (Å²) in [5.41, 5.74) is 2.43. The summed E-state index contributed by atoms with van der Waals surface area (Å²) < 4.78 is 0. The number of anilines is 1. The molecule has 1 fully saturated rings. The lowest BCUT2D eigenvalue weighted by Crippen LogP contribution is -2.45. The summed E-state index contributed by atoms with van der Waals surface area (Å²) in [6.07, 6.45) is 3.12. The van der Waals surface area contributed by atoms with Crippen LogP contribution in [0.25, 0.3) is 0 Å². The minimum Gasteiger partial charge on any atom is -0.316 e. The van der Waals surface area contributed by atoms with E-state index in [0.717, 1.165) is 38.0 Å². The Morgan fingerprint density at radius 2 is 2.22 bits per heavy atom. The number of piperidine rings is 1. The molecule has 1 aromatic rings. The molecule has 0 aliphatic carbocycles. The van der Waals surface area contributed by atoms with Crippen LogP contribution in [0.3, 0.4) is 0 Å². The van der Waals surface area contributed by atoms with Crippen LogP contribution in [0.1, 0.15) is 25.3 Å². The number of rotatable bonds is 1. The van der Waals surface area contributed by atoms with Crippen molar-refractivity contribution in [1.82, 2.24) is 5.32 Å². The molecule has 1 saturated heterocycles. The normalized spacial score (nSPS) is 27.1. The van der Waals surface area contributed by atoms with Crippen molar-refractivity contribution in [2.75, 3.05) is 18.0 Å². The Hall–Kier alpha value is -1.35. The van der Waals surface area contributed by atoms with E-state index < -0.39 is 0 Å². The molecule has 3 nitrogen and oxygen atoms in total. The maximum Gasteiger partial charge on any atom is 0.231 e. The van der Waals surface area contributed by atoms with E-state index in [2.05, 4.69) is 30.4 Å². The van der Waals surface area contributed by atoms with E-state index in [1.807, 2.05) is 11.0 Å². The maximum atomic E-state index is 12.7. The third-order valence-corrected chi connectivity index (χ3v) is 4.09. The third kappa shape index (κ3) is 1.93. The van der Waals surface area contributed by atoms with Gasteiger partial charge in [-0.25, -0.2) is 0 Å². The molecule has 0 unspecified atom stereocenters. The first-order chi connectivity index (χ1) is 8.77. The van der Waals surface area contributed by atoms with Gasteiger partial charge < -0.3 is 10.2 Å². The number of benzene rings is 1. The summed E-state index contributed by atoms with van der Waals surface area (Å²) in [6.45, 7) is 4.04. The Kier molecular flexibility index (Phi) is 3.08. The number of carbonyl (C=O) groups is 1. The number of hydrogen-bond donors (Lipinski definition) is 1. The molecule has 1 aromatic carbocycles. The molecule has 2 atom stereocenters. The largest absolute Gasteiger partial charge is 0.316 e. The quantitative estimate of drug-likeness (QED) is 0.819. The molecule has 0 saturated carbocycles. The Bertz CT molecular complexity index is 452. The second-order valence-corrected chi connectivity index (χ2v) is 5.43. The Labute approximate surface area is 108 Å². The van der Waals surface area contributed by atoms with Gasteiger partial charge in [0.15, 0.2) is 0 Å². The molecule has 0 bridgehead atoms. The van der Waals surface area contributed by atoms with Crippen LogP contribution in [0.15, 0.2) is 24.3 Å². The molecule has 2 aliphatic heterocycles. The lowest BCUT2D eigenvalue weighted by atomic mass is 9.97. The van der Waals surface area contributed by atoms with Crippen molar-refractivity contribution in [2.45, 2.75) is 32.2 Å². The number of fused-ring (bicyclic) bond motifs is 1. The maximum absolute atomic E-state index is 12.7. The highest BCUT2D eigenvalue weighted by Gasteiger charge is 2.34. The molecule has 2 heterocycles. The molecule has 0 radical (unpaired) electrons. The van der Waals surface area contributed by atoms with Gasteiger partial charge in [-0.2, -0.15) is 0 Å². The number of carbonyl (C=O) groups excluding carboxylic acids is 1. The van der Waals surface area contributed by atoms with Crippen molar-refractivity contribution >= 4 is 11.6 Å².